The van der Waals surface area contributed by atoms with E-state index in [1.54, 1.807) is 60.7 Å². The molecule has 9 heteroatoms. The van der Waals surface area contributed by atoms with Gasteiger partial charge in [-0.15, -0.1) is 0 Å². The van der Waals surface area contributed by atoms with E-state index in [4.69, 9.17) is 9.11 Å². The molecule has 0 aliphatic carbocycles. The largest absolute Gasteiger partial charge is 0.295 e. The van der Waals surface area contributed by atoms with E-state index in [0.717, 1.165) is 10.8 Å². The number of hydrogen-bond acceptors (Lipinski definition) is 4. The van der Waals surface area contributed by atoms with Crippen LogP contribution in [0.15, 0.2) is 94.7 Å². The third-order valence-electron chi connectivity index (χ3n) is 4.06. The summed E-state index contributed by atoms with van der Waals surface area (Å²) in [6, 6.07) is 23.6. The van der Waals surface area contributed by atoms with E-state index < -0.39 is 20.2 Å². The van der Waals surface area contributed by atoms with Gasteiger partial charge in [0.25, 0.3) is 20.2 Å². The Labute approximate surface area is 191 Å². The summed E-state index contributed by atoms with van der Waals surface area (Å²) in [5.74, 6) is 0. The fourth-order valence-electron chi connectivity index (χ4n) is 2.84. The van der Waals surface area contributed by atoms with Gasteiger partial charge >= 0.3 is 0 Å². The molecule has 4 rings (SSSR count). The van der Waals surface area contributed by atoms with Gasteiger partial charge in [0, 0.05) is 40.3 Å². The normalized spacial score (nSPS) is 11.4. The molecule has 145 valence electrons. The standard InChI is InChI=1S/2C10H8O3S.Na/c2*11-14(12,13)10-7-3-5-8-4-1-2-6-9(8)10;/h2*1-7H,(H,11,12,13);. The molecule has 2 N–H and O–H groups in total. The Morgan fingerprint density at radius 3 is 1.14 bits per heavy atom. The molecule has 0 fully saturated rings. The van der Waals surface area contributed by atoms with Gasteiger partial charge in [-0.1, -0.05) is 72.8 Å². The quantitative estimate of drug-likeness (QED) is 0.363. The zero-order valence-electron chi connectivity index (χ0n) is 15.4. The second kappa shape index (κ2) is 9.36. The molecule has 29 heavy (non-hydrogen) atoms. The van der Waals surface area contributed by atoms with Gasteiger partial charge in [-0.25, -0.2) is 0 Å². The fraction of sp³-hybridized carbons (Fsp3) is 0. The zero-order valence-corrected chi connectivity index (χ0v) is 19.1. The van der Waals surface area contributed by atoms with Gasteiger partial charge in [0.1, 0.15) is 9.79 Å². The summed E-state index contributed by atoms with van der Waals surface area (Å²) in [6.07, 6.45) is 0. The van der Waals surface area contributed by atoms with E-state index in [1.165, 1.54) is 12.1 Å². The predicted molar refractivity (Wildman–Crippen MR) is 113 cm³/mol. The van der Waals surface area contributed by atoms with Crippen molar-refractivity contribution in [2.45, 2.75) is 9.79 Å². The van der Waals surface area contributed by atoms with E-state index in [0.29, 0.717) is 10.8 Å². The molecule has 0 bridgehead atoms. The molecule has 0 spiro atoms. The van der Waals surface area contributed by atoms with Crippen molar-refractivity contribution in [2.75, 3.05) is 0 Å². The van der Waals surface area contributed by atoms with Crippen molar-refractivity contribution < 1.29 is 25.9 Å². The topological polar surface area (TPSA) is 109 Å². The first-order valence-corrected chi connectivity index (χ1v) is 11.0. The minimum absolute atomic E-state index is 0. The van der Waals surface area contributed by atoms with Gasteiger partial charge in [0.05, 0.1) is 0 Å². The molecule has 0 unspecified atom stereocenters. The third kappa shape index (κ3) is 5.64. The second-order valence-corrected chi connectivity index (χ2v) is 8.68. The van der Waals surface area contributed by atoms with Crippen LogP contribution < -0.4 is 0 Å². The first-order valence-electron chi connectivity index (χ1n) is 8.08. The summed E-state index contributed by atoms with van der Waals surface area (Å²) in [6.45, 7) is 0. The maximum Gasteiger partial charge on any atom is 0.295 e. The van der Waals surface area contributed by atoms with Gasteiger partial charge in [-0.3, -0.25) is 9.11 Å². The monoisotopic (exact) mass is 439 g/mol. The number of benzene rings is 4. The molecule has 1 radical (unpaired) electrons. The van der Waals surface area contributed by atoms with Gasteiger partial charge in [0.2, 0.25) is 0 Å². The van der Waals surface area contributed by atoms with E-state index in [1.807, 2.05) is 12.1 Å². The molecule has 6 nitrogen and oxygen atoms in total. The number of rotatable bonds is 2. The fourth-order valence-corrected chi connectivity index (χ4v) is 4.27. The molecule has 0 amide bonds. The molecular formula is C20H16NaO6S2. The Balaban J connectivity index is 0.000000200. The van der Waals surface area contributed by atoms with E-state index in [9.17, 15) is 16.8 Å². The zero-order chi connectivity index (χ0) is 20.4. The Morgan fingerprint density at radius 1 is 0.483 bits per heavy atom. The minimum Gasteiger partial charge on any atom is -0.282 e. The summed E-state index contributed by atoms with van der Waals surface area (Å²) in [5, 5.41) is 2.67. The van der Waals surface area contributed by atoms with Crippen LogP contribution in [0.2, 0.25) is 0 Å². The van der Waals surface area contributed by atoms with Crippen molar-refractivity contribution in [3.8, 4) is 0 Å². The smallest absolute Gasteiger partial charge is 0.282 e. The molecular weight excluding hydrogens is 423 g/mol. The van der Waals surface area contributed by atoms with Gasteiger partial charge < -0.3 is 0 Å². The van der Waals surface area contributed by atoms with Crippen LogP contribution in [0.3, 0.4) is 0 Å². The van der Waals surface area contributed by atoms with Crippen LogP contribution in [0.25, 0.3) is 21.5 Å². The van der Waals surface area contributed by atoms with E-state index >= 15 is 0 Å². The Morgan fingerprint density at radius 2 is 0.793 bits per heavy atom. The van der Waals surface area contributed by atoms with Crippen LogP contribution in [0.5, 0.6) is 0 Å². The molecule has 4 aromatic rings. The van der Waals surface area contributed by atoms with Crippen molar-refractivity contribution in [3.05, 3.63) is 84.9 Å². The van der Waals surface area contributed by atoms with Crippen molar-refractivity contribution >= 4 is 71.3 Å². The first-order chi connectivity index (χ1) is 13.2. The van der Waals surface area contributed by atoms with Gasteiger partial charge in [0.15, 0.2) is 0 Å². The summed E-state index contributed by atoms with van der Waals surface area (Å²) >= 11 is 0. The summed E-state index contributed by atoms with van der Waals surface area (Å²) < 4.78 is 61.9. The van der Waals surface area contributed by atoms with Crippen molar-refractivity contribution in [3.63, 3.8) is 0 Å². The van der Waals surface area contributed by atoms with E-state index in [-0.39, 0.29) is 39.3 Å². The van der Waals surface area contributed by atoms with E-state index in [2.05, 4.69) is 0 Å². The Bertz CT molecular complexity index is 1250. The molecule has 0 saturated carbocycles. The minimum atomic E-state index is -4.13. The molecule has 4 aromatic carbocycles. The average Bonchev–Trinajstić information content (AvgIpc) is 2.66. The van der Waals surface area contributed by atoms with Crippen LogP contribution >= 0.6 is 0 Å². The van der Waals surface area contributed by atoms with Crippen molar-refractivity contribution in [1.82, 2.24) is 0 Å². The third-order valence-corrected chi connectivity index (χ3v) is 5.88. The predicted octanol–water partition coefficient (Wildman–Crippen LogP) is 3.79. The number of fused-ring (bicyclic) bond motifs is 2. The molecule has 0 aliphatic rings. The first kappa shape index (κ1) is 23.5. The molecule has 0 heterocycles. The maximum absolute atomic E-state index is 11.0. The van der Waals surface area contributed by atoms with Crippen LogP contribution in [0.1, 0.15) is 0 Å². The average molecular weight is 439 g/mol. The second-order valence-electron chi connectivity index (χ2n) is 5.90. The summed E-state index contributed by atoms with van der Waals surface area (Å²) in [7, 11) is -8.26. The van der Waals surface area contributed by atoms with Gasteiger partial charge in [-0.05, 0) is 22.9 Å². The van der Waals surface area contributed by atoms with Crippen molar-refractivity contribution in [1.29, 1.82) is 0 Å². The Kier molecular flexibility index (Phi) is 7.58. The molecule has 0 saturated heterocycles. The SMILES string of the molecule is O=S(=O)(O)c1cccc2ccccc12.O=S(=O)(O)c1cccc2ccccc12.[Na]. The van der Waals surface area contributed by atoms with Crippen LogP contribution in [-0.4, -0.2) is 55.5 Å². The van der Waals surface area contributed by atoms with Crippen LogP contribution in [-0.2, 0) is 20.2 Å². The number of hydrogen-bond donors (Lipinski definition) is 2. The van der Waals surface area contributed by atoms with Crippen molar-refractivity contribution in [2.24, 2.45) is 0 Å². The summed E-state index contributed by atoms with van der Waals surface area (Å²) in [5.41, 5.74) is 0. The maximum atomic E-state index is 11.0. The summed E-state index contributed by atoms with van der Waals surface area (Å²) in [4.78, 5) is -0.0915. The Hall–Kier alpha value is -1.78. The van der Waals surface area contributed by atoms with Gasteiger partial charge in [-0.2, -0.15) is 16.8 Å². The molecule has 0 aliphatic heterocycles. The molecule has 0 aromatic heterocycles. The molecule has 0 atom stereocenters. The van der Waals surface area contributed by atoms with Crippen LogP contribution in [0.4, 0.5) is 0 Å². The van der Waals surface area contributed by atoms with Crippen LogP contribution in [0, 0.1) is 0 Å².